The number of amides is 1. The molecule has 0 saturated carbocycles. The second kappa shape index (κ2) is 6.74. The van der Waals surface area contributed by atoms with Gasteiger partial charge in [0.2, 0.25) is 11.9 Å². The number of fused-ring (bicyclic) bond motifs is 1. The first kappa shape index (κ1) is 16.0. The quantitative estimate of drug-likeness (QED) is 0.657. The van der Waals surface area contributed by atoms with Gasteiger partial charge in [-0.2, -0.15) is 4.98 Å². The summed E-state index contributed by atoms with van der Waals surface area (Å²) in [5.74, 6) is -1.11. The lowest BCUT2D eigenvalue weighted by atomic mass is 10.2. The van der Waals surface area contributed by atoms with Crippen LogP contribution in [0, 0.1) is 5.82 Å². The molecule has 3 rings (SSSR count). The maximum Gasteiger partial charge on any atom is 0.244 e. The normalized spacial score (nSPS) is 10.9. The van der Waals surface area contributed by atoms with Gasteiger partial charge in [-0.1, -0.05) is 17.7 Å². The van der Waals surface area contributed by atoms with Crippen molar-refractivity contribution in [1.29, 1.82) is 0 Å². The standard InChI is InChI=1S/C14H9Cl2FN4OS/c15-4-12(22)21(6-8-9(16)2-1-3-10(8)17)14-18-5-11-13(20-14)23-7-19-11/h1-3,5,7H,4,6H2. The summed E-state index contributed by atoms with van der Waals surface area (Å²) < 4.78 is 14.0. The highest BCUT2D eigenvalue weighted by atomic mass is 35.5. The molecule has 2 heterocycles. The second-order valence-corrected chi connectivity index (χ2v) is 6.03. The maximum atomic E-state index is 14.0. The van der Waals surface area contributed by atoms with Gasteiger partial charge in [0.05, 0.1) is 18.3 Å². The molecular formula is C14H9Cl2FN4OS. The zero-order valence-corrected chi connectivity index (χ0v) is 13.9. The first-order valence-corrected chi connectivity index (χ1v) is 8.25. The van der Waals surface area contributed by atoms with Crippen molar-refractivity contribution in [2.24, 2.45) is 0 Å². The fourth-order valence-corrected chi connectivity index (χ4v) is 2.97. The van der Waals surface area contributed by atoms with Crippen LogP contribution in [0.3, 0.4) is 0 Å². The number of aromatic nitrogens is 3. The Morgan fingerprint density at radius 2 is 2.17 bits per heavy atom. The van der Waals surface area contributed by atoms with Crippen molar-refractivity contribution in [2.75, 3.05) is 10.8 Å². The topological polar surface area (TPSA) is 59.0 Å². The summed E-state index contributed by atoms with van der Waals surface area (Å²) >= 11 is 13.0. The van der Waals surface area contributed by atoms with E-state index in [2.05, 4.69) is 15.0 Å². The van der Waals surface area contributed by atoms with Crippen LogP contribution in [0.5, 0.6) is 0 Å². The minimum absolute atomic E-state index is 0.110. The van der Waals surface area contributed by atoms with Crippen LogP contribution in [-0.2, 0) is 11.3 Å². The van der Waals surface area contributed by atoms with Gasteiger partial charge in [-0.3, -0.25) is 9.69 Å². The van der Waals surface area contributed by atoms with Gasteiger partial charge in [0.1, 0.15) is 22.0 Å². The summed E-state index contributed by atoms with van der Waals surface area (Å²) in [6, 6.07) is 4.32. The van der Waals surface area contributed by atoms with Crippen LogP contribution in [0.25, 0.3) is 10.3 Å². The molecule has 0 spiro atoms. The van der Waals surface area contributed by atoms with Gasteiger partial charge < -0.3 is 0 Å². The fourth-order valence-electron chi connectivity index (χ4n) is 1.97. The fraction of sp³-hybridized carbons (Fsp3) is 0.143. The monoisotopic (exact) mass is 370 g/mol. The number of benzene rings is 1. The lowest BCUT2D eigenvalue weighted by molar-refractivity contribution is -0.116. The summed E-state index contributed by atoms with van der Waals surface area (Å²) in [6.45, 7) is -0.110. The Labute approximate surface area is 144 Å². The number of anilines is 1. The SMILES string of the molecule is O=C(CCl)N(Cc1c(F)cccc1Cl)c1ncc2ncsc2n1. The number of hydrogen-bond acceptors (Lipinski definition) is 5. The minimum Gasteiger partial charge on any atom is -0.275 e. The number of rotatable bonds is 4. The summed E-state index contributed by atoms with van der Waals surface area (Å²) in [5.41, 5.74) is 2.44. The van der Waals surface area contributed by atoms with E-state index >= 15 is 0 Å². The van der Waals surface area contributed by atoms with E-state index in [-0.39, 0.29) is 29.0 Å². The molecule has 1 aromatic carbocycles. The number of nitrogens with zero attached hydrogens (tertiary/aromatic N) is 4. The average Bonchev–Trinajstić information content (AvgIpc) is 3.01. The Bertz CT molecular complexity index is 853. The van der Waals surface area contributed by atoms with Gasteiger partial charge in [0, 0.05) is 10.6 Å². The maximum absolute atomic E-state index is 14.0. The van der Waals surface area contributed by atoms with Crippen molar-refractivity contribution in [1.82, 2.24) is 15.0 Å². The number of carbonyl (C=O) groups is 1. The van der Waals surface area contributed by atoms with Crippen LogP contribution in [0.2, 0.25) is 5.02 Å². The molecule has 0 radical (unpaired) electrons. The molecule has 2 aromatic heterocycles. The van der Waals surface area contributed by atoms with E-state index in [1.165, 1.54) is 34.6 Å². The molecule has 0 atom stereocenters. The summed E-state index contributed by atoms with van der Waals surface area (Å²) in [6.07, 6.45) is 1.51. The van der Waals surface area contributed by atoms with E-state index < -0.39 is 11.7 Å². The van der Waals surface area contributed by atoms with Gasteiger partial charge in [-0.15, -0.1) is 22.9 Å². The van der Waals surface area contributed by atoms with E-state index in [0.717, 1.165) is 0 Å². The highest BCUT2D eigenvalue weighted by molar-refractivity contribution is 7.16. The predicted molar refractivity (Wildman–Crippen MR) is 88.5 cm³/mol. The van der Waals surface area contributed by atoms with Gasteiger partial charge in [0.25, 0.3) is 0 Å². The minimum atomic E-state index is -0.510. The summed E-state index contributed by atoms with van der Waals surface area (Å²) in [7, 11) is 0. The Kier molecular flexibility index (Phi) is 4.70. The second-order valence-electron chi connectivity index (χ2n) is 4.53. The molecule has 0 saturated heterocycles. The highest BCUT2D eigenvalue weighted by Crippen LogP contribution is 2.24. The Morgan fingerprint density at radius 1 is 1.35 bits per heavy atom. The molecule has 1 amide bonds. The third-order valence-electron chi connectivity index (χ3n) is 3.11. The van der Waals surface area contributed by atoms with Gasteiger partial charge >= 0.3 is 0 Å². The molecule has 0 N–H and O–H groups in total. The zero-order chi connectivity index (χ0) is 16.4. The van der Waals surface area contributed by atoms with Crippen molar-refractivity contribution in [2.45, 2.75) is 6.54 Å². The van der Waals surface area contributed by atoms with Crippen molar-refractivity contribution in [3.8, 4) is 0 Å². The molecule has 0 aliphatic carbocycles. The lowest BCUT2D eigenvalue weighted by Crippen LogP contribution is -2.33. The predicted octanol–water partition coefficient (Wildman–Crippen LogP) is 3.65. The van der Waals surface area contributed by atoms with E-state index in [4.69, 9.17) is 23.2 Å². The van der Waals surface area contributed by atoms with Crippen LogP contribution < -0.4 is 4.90 Å². The average molecular weight is 371 g/mol. The smallest absolute Gasteiger partial charge is 0.244 e. The largest absolute Gasteiger partial charge is 0.275 e. The van der Waals surface area contributed by atoms with E-state index in [9.17, 15) is 9.18 Å². The van der Waals surface area contributed by atoms with Crippen molar-refractivity contribution in [3.63, 3.8) is 0 Å². The molecular weight excluding hydrogens is 362 g/mol. The molecule has 118 valence electrons. The summed E-state index contributed by atoms with van der Waals surface area (Å²) in [5, 5.41) is 0.219. The number of halogens is 3. The number of hydrogen-bond donors (Lipinski definition) is 0. The van der Waals surface area contributed by atoms with Gasteiger partial charge in [0.15, 0.2) is 0 Å². The van der Waals surface area contributed by atoms with E-state index in [1.807, 2.05) is 0 Å². The van der Waals surface area contributed by atoms with Crippen molar-refractivity contribution in [3.05, 3.63) is 46.3 Å². The Balaban J connectivity index is 2.02. The zero-order valence-electron chi connectivity index (χ0n) is 11.5. The van der Waals surface area contributed by atoms with Crippen LogP contribution >= 0.6 is 34.5 Å². The van der Waals surface area contributed by atoms with Crippen LogP contribution in [0.15, 0.2) is 29.9 Å². The molecule has 0 unspecified atom stereocenters. The lowest BCUT2D eigenvalue weighted by Gasteiger charge is -2.20. The number of thiazole rings is 1. The van der Waals surface area contributed by atoms with E-state index in [0.29, 0.717) is 10.3 Å². The molecule has 0 bridgehead atoms. The third-order valence-corrected chi connectivity index (χ3v) is 4.43. The number of carbonyl (C=O) groups excluding carboxylic acids is 1. The molecule has 0 aliphatic rings. The molecule has 9 heteroatoms. The van der Waals surface area contributed by atoms with Gasteiger partial charge in [-0.25, -0.2) is 14.4 Å². The van der Waals surface area contributed by atoms with E-state index in [1.54, 1.807) is 11.6 Å². The number of alkyl halides is 1. The first-order valence-electron chi connectivity index (χ1n) is 6.45. The molecule has 23 heavy (non-hydrogen) atoms. The van der Waals surface area contributed by atoms with Crippen molar-refractivity contribution >= 4 is 56.7 Å². The first-order chi connectivity index (χ1) is 11.1. The van der Waals surface area contributed by atoms with Crippen LogP contribution in [0.4, 0.5) is 10.3 Å². The molecule has 0 aliphatic heterocycles. The third kappa shape index (κ3) is 3.26. The van der Waals surface area contributed by atoms with Crippen LogP contribution in [0.1, 0.15) is 5.56 Å². The Morgan fingerprint density at radius 3 is 2.91 bits per heavy atom. The molecule has 0 fully saturated rings. The summed E-state index contributed by atoms with van der Waals surface area (Å²) in [4.78, 5) is 26.5. The molecule has 3 aromatic rings. The van der Waals surface area contributed by atoms with Crippen LogP contribution in [-0.4, -0.2) is 26.7 Å². The Hall–Kier alpha value is -1.83. The van der Waals surface area contributed by atoms with Crippen molar-refractivity contribution < 1.29 is 9.18 Å². The molecule has 5 nitrogen and oxygen atoms in total. The van der Waals surface area contributed by atoms with Gasteiger partial charge in [-0.05, 0) is 12.1 Å². The highest BCUT2D eigenvalue weighted by Gasteiger charge is 2.21.